The van der Waals surface area contributed by atoms with Gasteiger partial charge in [0.05, 0.1) is 29.7 Å². The number of aryl methyl sites for hydroxylation is 1. The number of carbonyl (C=O) groups excluding carboxylic acids is 1. The number of hydrazone groups is 1. The molecule has 3 aromatic rings. The number of amides is 1. The highest BCUT2D eigenvalue weighted by molar-refractivity contribution is 7.92. The number of hydrogen-bond donors (Lipinski definition) is 1. The minimum absolute atomic E-state index is 0.0448. The first-order valence-electron chi connectivity index (χ1n) is 9.58. The van der Waals surface area contributed by atoms with Gasteiger partial charge in [-0.1, -0.05) is 17.7 Å². The van der Waals surface area contributed by atoms with Crippen LogP contribution in [-0.2, 0) is 14.8 Å². The van der Waals surface area contributed by atoms with Crippen LogP contribution in [0.3, 0.4) is 0 Å². The quantitative estimate of drug-likeness (QED) is 0.405. The minimum Gasteiger partial charge on any atom is -0.494 e. The smallest absolute Gasteiger partial charge is 0.264 e. The molecule has 1 heterocycles. The molecule has 0 spiro atoms. The Bertz CT molecular complexity index is 1120. The topological polar surface area (TPSA) is 101 Å². The molecule has 0 aliphatic rings. The van der Waals surface area contributed by atoms with E-state index in [1.165, 1.54) is 24.6 Å². The summed E-state index contributed by atoms with van der Waals surface area (Å²) >= 11 is 0. The second kappa shape index (κ2) is 9.94. The lowest BCUT2D eigenvalue weighted by atomic mass is 10.2. The van der Waals surface area contributed by atoms with E-state index in [0.29, 0.717) is 23.8 Å². The molecule has 1 aromatic heterocycles. The highest BCUT2D eigenvalue weighted by atomic mass is 32.2. The summed E-state index contributed by atoms with van der Waals surface area (Å²) in [7, 11) is -4.02. The number of nitrogens with zero attached hydrogens (tertiary/aromatic N) is 2. The van der Waals surface area contributed by atoms with Crippen molar-refractivity contribution in [3.63, 3.8) is 0 Å². The SMILES string of the molecule is CCOc1ccc(S(=O)(=O)N(CC(=O)NN=Cc2ccco2)c2ccc(C)cc2)cc1. The lowest BCUT2D eigenvalue weighted by molar-refractivity contribution is -0.119. The average molecular weight is 442 g/mol. The van der Waals surface area contributed by atoms with Crippen LogP contribution >= 0.6 is 0 Å². The van der Waals surface area contributed by atoms with E-state index in [-0.39, 0.29) is 4.90 Å². The van der Waals surface area contributed by atoms with Crippen molar-refractivity contribution in [3.8, 4) is 5.75 Å². The van der Waals surface area contributed by atoms with Crippen LogP contribution in [0.1, 0.15) is 18.2 Å². The van der Waals surface area contributed by atoms with Crippen molar-refractivity contribution in [1.82, 2.24) is 5.43 Å². The van der Waals surface area contributed by atoms with Crippen molar-refractivity contribution in [2.75, 3.05) is 17.5 Å². The zero-order valence-electron chi connectivity index (χ0n) is 17.2. The van der Waals surface area contributed by atoms with E-state index < -0.39 is 22.5 Å². The molecule has 9 heteroatoms. The summed E-state index contributed by atoms with van der Waals surface area (Å²) in [5, 5.41) is 3.81. The molecule has 31 heavy (non-hydrogen) atoms. The number of carbonyl (C=O) groups is 1. The molecule has 0 saturated carbocycles. The van der Waals surface area contributed by atoms with E-state index in [1.54, 1.807) is 48.5 Å². The van der Waals surface area contributed by atoms with E-state index in [0.717, 1.165) is 9.87 Å². The van der Waals surface area contributed by atoms with E-state index in [4.69, 9.17) is 9.15 Å². The Labute approximate surface area is 181 Å². The van der Waals surface area contributed by atoms with Gasteiger partial charge < -0.3 is 9.15 Å². The number of benzene rings is 2. The molecule has 0 unspecified atom stereocenters. The first-order chi connectivity index (χ1) is 14.9. The van der Waals surface area contributed by atoms with Gasteiger partial charge in [0.1, 0.15) is 18.1 Å². The number of anilines is 1. The normalized spacial score (nSPS) is 11.4. The second-order valence-corrected chi connectivity index (χ2v) is 8.42. The minimum atomic E-state index is -4.02. The highest BCUT2D eigenvalue weighted by Crippen LogP contribution is 2.25. The van der Waals surface area contributed by atoms with E-state index in [2.05, 4.69) is 10.5 Å². The van der Waals surface area contributed by atoms with Crippen LogP contribution in [0.4, 0.5) is 5.69 Å². The third-order valence-corrected chi connectivity index (χ3v) is 6.04. The van der Waals surface area contributed by atoms with Crippen LogP contribution in [-0.4, -0.2) is 33.7 Å². The zero-order chi connectivity index (χ0) is 22.3. The zero-order valence-corrected chi connectivity index (χ0v) is 18.0. The van der Waals surface area contributed by atoms with Crippen molar-refractivity contribution < 1.29 is 22.4 Å². The molecular formula is C22H23N3O5S. The molecule has 1 amide bonds. The van der Waals surface area contributed by atoms with Gasteiger partial charge in [-0.05, 0) is 62.4 Å². The Morgan fingerprint density at radius 2 is 1.84 bits per heavy atom. The summed E-state index contributed by atoms with van der Waals surface area (Å²) in [5.74, 6) is 0.420. The fourth-order valence-corrected chi connectivity index (χ4v) is 4.15. The first kappa shape index (κ1) is 22.1. The number of rotatable bonds is 9. The maximum absolute atomic E-state index is 13.3. The Morgan fingerprint density at radius 3 is 2.45 bits per heavy atom. The van der Waals surface area contributed by atoms with Gasteiger partial charge in [-0.25, -0.2) is 13.8 Å². The number of nitrogens with one attached hydrogen (secondary N) is 1. The fourth-order valence-electron chi connectivity index (χ4n) is 2.73. The average Bonchev–Trinajstić information content (AvgIpc) is 3.27. The fraction of sp³-hybridized carbons (Fsp3) is 0.182. The van der Waals surface area contributed by atoms with Gasteiger partial charge in [-0.3, -0.25) is 9.10 Å². The van der Waals surface area contributed by atoms with E-state index in [1.807, 2.05) is 13.8 Å². The molecule has 0 aliphatic carbocycles. The van der Waals surface area contributed by atoms with Crippen molar-refractivity contribution >= 4 is 27.8 Å². The summed E-state index contributed by atoms with van der Waals surface area (Å²) in [6.07, 6.45) is 2.81. The van der Waals surface area contributed by atoms with Crippen molar-refractivity contribution in [3.05, 3.63) is 78.3 Å². The van der Waals surface area contributed by atoms with Gasteiger partial charge in [-0.2, -0.15) is 5.10 Å². The molecule has 0 radical (unpaired) electrons. The van der Waals surface area contributed by atoms with Gasteiger partial charge in [0, 0.05) is 0 Å². The molecular weight excluding hydrogens is 418 g/mol. The second-order valence-electron chi connectivity index (χ2n) is 6.56. The van der Waals surface area contributed by atoms with Crippen molar-refractivity contribution in [2.24, 2.45) is 5.10 Å². The van der Waals surface area contributed by atoms with Gasteiger partial charge in [-0.15, -0.1) is 0 Å². The molecule has 0 atom stereocenters. The standard InChI is InChI=1S/C22H23N3O5S/c1-3-29-19-10-12-21(13-11-19)31(27,28)25(18-8-6-17(2)7-9-18)16-22(26)24-23-15-20-5-4-14-30-20/h4-15H,3,16H2,1-2H3,(H,24,26). The number of sulfonamides is 1. The molecule has 162 valence electrons. The summed E-state index contributed by atoms with van der Waals surface area (Å²) in [5.41, 5.74) is 3.66. The van der Waals surface area contributed by atoms with Crippen molar-refractivity contribution in [1.29, 1.82) is 0 Å². The van der Waals surface area contributed by atoms with E-state index >= 15 is 0 Å². The maximum atomic E-state index is 13.3. The summed E-state index contributed by atoms with van der Waals surface area (Å²) in [4.78, 5) is 12.5. The van der Waals surface area contributed by atoms with Crippen LogP contribution in [0.15, 0.2) is 81.3 Å². The third kappa shape index (κ3) is 5.73. The largest absolute Gasteiger partial charge is 0.494 e. The van der Waals surface area contributed by atoms with Gasteiger partial charge in [0.15, 0.2) is 0 Å². The van der Waals surface area contributed by atoms with Crippen LogP contribution in [0.5, 0.6) is 5.75 Å². The molecule has 0 aliphatic heterocycles. The molecule has 3 rings (SSSR count). The molecule has 0 fully saturated rings. The molecule has 2 aromatic carbocycles. The summed E-state index contributed by atoms with van der Waals surface area (Å²) in [6.45, 7) is 3.76. The first-order valence-corrected chi connectivity index (χ1v) is 11.0. The van der Waals surface area contributed by atoms with Crippen molar-refractivity contribution in [2.45, 2.75) is 18.7 Å². The monoisotopic (exact) mass is 441 g/mol. The van der Waals surface area contributed by atoms with Crippen LogP contribution in [0.25, 0.3) is 0 Å². The van der Waals surface area contributed by atoms with Gasteiger partial charge >= 0.3 is 0 Å². The molecule has 1 N–H and O–H groups in total. The maximum Gasteiger partial charge on any atom is 0.264 e. The summed E-state index contributed by atoms with van der Waals surface area (Å²) in [6, 6.07) is 16.3. The highest BCUT2D eigenvalue weighted by Gasteiger charge is 2.27. The Hall–Kier alpha value is -3.59. The van der Waals surface area contributed by atoms with E-state index in [9.17, 15) is 13.2 Å². The lowest BCUT2D eigenvalue weighted by Gasteiger charge is -2.24. The molecule has 0 bridgehead atoms. The van der Waals surface area contributed by atoms with Gasteiger partial charge in [0.25, 0.3) is 15.9 Å². The summed E-state index contributed by atoms with van der Waals surface area (Å²) < 4.78 is 38.2. The van der Waals surface area contributed by atoms with Crippen LogP contribution < -0.4 is 14.5 Å². The number of ether oxygens (including phenoxy) is 1. The molecule has 8 nitrogen and oxygen atoms in total. The Balaban J connectivity index is 1.85. The Morgan fingerprint density at radius 1 is 1.13 bits per heavy atom. The predicted octanol–water partition coefficient (Wildman–Crippen LogP) is 3.33. The van der Waals surface area contributed by atoms with Crippen LogP contribution in [0, 0.1) is 6.92 Å². The predicted molar refractivity (Wildman–Crippen MR) is 118 cm³/mol. The molecule has 0 saturated heterocycles. The Kier molecular flexibility index (Phi) is 7.09. The number of furan rings is 1. The number of hydrogen-bond acceptors (Lipinski definition) is 6. The van der Waals surface area contributed by atoms with Gasteiger partial charge in [0.2, 0.25) is 0 Å². The lowest BCUT2D eigenvalue weighted by Crippen LogP contribution is -2.39. The third-order valence-electron chi connectivity index (χ3n) is 4.26. The van der Waals surface area contributed by atoms with Crippen LogP contribution in [0.2, 0.25) is 0 Å².